The molecule has 0 radical (unpaired) electrons. The first-order valence-corrected chi connectivity index (χ1v) is 7.04. The number of hydrogen-bond donors (Lipinski definition) is 2. The third-order valence-electron chi connectivity index (χ3n) is 3.36. The fourth-order valence-corrected chi connectivity index (χ4v) is 2.28. The molecule has 5 heteroatoms. The van der Waals surface area contributed by atoms with Crippen molar-refractivity contribution < 1.29 is 4.48 Å². The fourth-order valence-electron chi connectivity index (χ4n) is 2.28. The molecule has 106 valence electrons. The maximum absolute atomic E-state index is 6.11. The summed E-state index contributed by atoms with van der Waals surface area (Å²) in [5.74, 6) is 0.840. The molecule has 2 heterocycles. The van der Waals surface area contributed by atoms with Gasteiger partial charge in [0.15, 0.2) is 5.82 Å². The van der Waals surface area contributed by atoms with E-state index in [1.807, 2.05) is 4.68 Å². The molecule has 0 saturated heterocycles. The Labute approximate surface area is 115 Å². The van der Waals surface area contributed by atoms with Gasteiger partial charge in [-0.25, -0.2) is 0 Å². The number of unbranched alkanes of at least 4 members (excludes halogenated alkanes) is 1. The molecule has 0 bridgehead atoms. The van der Waals surface area contributed by atoms with E-state index in [1.165, 1.54) is 13.0 Å². The van der Waals surface area contributed by atoms with Crippen LogP contribution in [-0.4, -0.2) is 48.5 Å². The Balaban J connectivity index is 1.81. The number of hydrogen-bond acceptors (Lipinski definition) is 3. The van der Waals surface area contributed by atoms with Crippen LogP contribution in [-0.2, 0) is 6.54 Å². The van der Waals surface area contributed by atoms with Crippen LogP contribution in [0.1, 0.15) is 25.0 Å². The van der Waals surface area contributed by atoms with E-state index in [9.17, 15) is 0 Å². The number of anilines is 2. The fraction of sp³-hybridized carbons (Fsp3) is 0.643. The molecule has 0 aromatic carbocycles. The SMILES string of the molecule is C[N+](C)(C)CCCCNc1nn2c(c1N)C=CCC2. The molecule has 0 atom stereocenters. The largest absolute Gasteiger partial charge is 0.394 e. The Morgan fingerprint density at radius 3 is 2.84 bits per heavy atom. The average Bonchev–Trinajstić information content (AvgIpc) is 2.65. The van der Waals surface area contributed by atoms with E-state index in [4.69, 9.17) is 5.73 Å². The molecular weight excluding hydrogens is 238 g/mol. The van der Waals surface area contributed by atoms with Crippen molar-refractivity contribution in [3.63, 3.8) is 0 Å². The first kappa shape index (κ1) is 13.9. The number of nitrogens with two attached hydrogens (primary N) is 1. The Kier molecular flexibility index (Phi) is 4.14. The molecule has 5 nitrogen and oxygen atoms in total. The quantitative estimate of drug-likeness (QED) is 0.608. The van der Waals surface area contributed by atoms with Gasteiger partial charge in [0.25, 0.3) is 0 Å². The summed E-state index contributed by atoms with van der Waals surface area (Å²) in [5, 5.41) is 7.88. The van der Waals surface area contributed by atoms with Gasteiger partial charge in [0.05, 0.1) is 33.4 Å². The zero-order valence-corrected chi connectivity index (χ0v) is 12.3. The standard InChI is InChI=1S/C14H26N5/c1-19(2,3)11-7-5-9-16-14-13(15)12-8-4-6-10-18(12)17-14/h4,8H,5-7,9-11,15H2,1-3H3,(H,16,17)/q+1. The number of aryl methyl sites for hydroxylation is 1. The van der Waals surface area contributed by atoms with Crippen molar-refractivity contribution >= 4 is 17.6 Å². The van der Waals surface area contributed by atoms with Crippen LogP contribution in [0.2, 0.25) is 0 Å². The molecule has 1 aliphatic rings. The molecule has 1 aliphatic heterocycles. The first-order valence-electron chi connectivity index (χ1n) is 7.04. The second kappa shape index (κ2) is 5.65. The highest BCUT2D eigenvalue weighted by Crippen LogP contribution is 2.26. The summed E-state index contributed by atoms with van der Waals surface area (Å²) in [4.78, 5) is 0. The number of allylic oxidation sites excluding steroid dienone is 1. The molecule has 0 unspecified atom stereocenters. The Morgan fingerprint density at radius 2 is 2.16 bits per heavy atom. The normalized spacial score (nSPS) is 14.5. The van der Waals surface area contributed by atoms with Gasteiger partial charge in [0, 0.05) is 13.1 Å². The molecule has 1 aromatic rings. The van der Waals surface area contributed by atoms with Gasteiger partial charge in [-0.3, -0.25) is 4.68 Å². The van der Waals surface area contributed by atoms with Crippen LogP contribution in [0, 0.1) is 0 Å². The predicted octanol–water partition coefficient (Wildman–Crippen LogP) is 1.78. The van der Waals surface area contributed by atoms with E-state index in [-0.39, 0.29) is 0 Å². The zero-order chi connectivity index (χ0) is 13.9. The number of quaternary nitrogens is 1. The van der Waals surface area contributed by atoms with Crippen LogP contribution in [0.3, 0.4) is 0 Å². The topological polar surface area (TPSA) is 55.9 Å². The van der Waals surface area contributed by atoms with Crippen molar-refractivity contribution in [1.29, 1.82) is 0 Å². The van der Waals surface area contributed by atoms with E-state index in [0.717, 1.165) is 47.6 Å². The summed E-state index contributed by atoms with van der Waals surface area (Å²) < 4.78 is 3.01. The third kappa shape index (κ3) is 3.73. The van der Waals surface area contributed by atoms with E-state index < -0.39 is 0 Å². The molecule has 19 heavy (non-hydrogen) atoms. The van der Waals surface area contributed by atoms with Gasteiger partial charge in [0.2, 0.25) is 0 Å². The highest BCUT2D eigenvalue weighted by atomic mass is 15.3. The van der Waals surface area contributed by atoms with E-state index in [1.54, 1.807) is 0 Å². The monoisotopic (exact) mass is 264 g/mol. The number of aromatic nitrogens is 2. The second-order valence-electron chi connectivity index (χ2n) is 6.21. The van der Waals surface area contributed by atoms with Gasteiger partial charge in [-0.2, -0.15) is 5.10 Å². The summed E-state index contributed by atoms with van der Waals surface area (Å²) in [5.41, 5.74) is 7.93. The minimum Gasteiger partial charge on any atom is -0.394 e. The van der Waals surface area contributed by atoms with Crippen LogP contribution in [0.15, 0.2) is 6.08 Å². The van der Waals surface area contributed by atoms with Crippen LogP contribution < -0.4 is 11.1 Å². The van der Waals surface area contributed by atoms with Crippen molar-refractivity contribution in [3.05, 3.63) is 11.8 Å². The molecule has 0 spiro atoms. The number of nitrogens with zero attached hydrogens (tertiary/aromatic N) is 3. The smallest absolute Gasteiger partial charge is 0.171 e. The van der Waals surface area contributed by atoms with Gasteiger partial charge in [-0.05, 0) is 25.3 Å². The van der Waals surface area contributed by atoms with Gasteiger partial charge in [0.1, 0.15) is 5.69 Å². The summed E-state index contributed by atoms with van der Waals surface area (Å²) in [6.07, 6.45) is 7.61. The number of rotatable bonds is 6. The molecule has 0 aliphatic carbocycles. The maximum Gasteiger partial charge on any atom is 0.171 e. The van der Waals surface area contributed by atoms with Crippen LogP contribution in [0.25, 0.3) is 6.08 Å². The van der Waals surface area contributed by atoms with Crippen molar-refractivity contribution in [2.45, 2.75) is 25.8 Å². The second-order valence-corrected chi connectivity index (χ2v) is 6.21. The summed E-state index contributed by atoms with van der Waals surface area (Å²) >= 11 is 0. The Bertz CT molecular complexity index is 453. The molecule has 2 rings (SSSR count). The van der Waals surface area contributed by atoms with Crippen molar-refractivity contribution in [3.8, 4) is 0 Å². The highest BCUT2D eigenvalue weighted by Gasteiger charge is 2.14. The highest BCUT2D eigenvalue weighted by molar-refractivity contribution is 5.73. The van der Waals surface area contributed by atoms with Crippen molar-refractivity contribution in [2.75, 3.05) is 45.3 Å². The molecule has 0 fully saturated rings. The molecular formula is C14H26N5+. The first-order chi connectivity index (χ1) is 8.97. The van der Waals surface area contributed by atoms with Crippen LogP contribution in [0.5, 0.6) is 0 Å². The summed E-state index contributed by atoms with van der Waals surface area (Å²) in [6.45, 7) is 3.06. The third-order valence-corrected chi connectivity index (χ3v) is 3.36. The number of nitrogen functional groups attached to an aromatic ring is 1. The molecule has 3 N–H and O–H groups in total. The van der Waals surface area contributed by atoms with Gasteiger partial charge < -0.3 is 15.5 Å². The van der Waals surface area contributed by atoms with Crippen molar-refractivity contribution in [1.82, 2.24) is 9.78 Å². The predicted molar refractivity (Wildman–Crippen MR) is 80.9 cm³/mol. The van der Waals surface area contributed by atoms with Crippen molar-refractivity contribution in [2.24, 2.45) is 0 Å². The average molecular weight is 264 g/mol. The van der Waals surface area contributed by atoms with E-state index in [0.29, 0.717) is 0 Å². The van der Waals surface area contributed by atoms with Crippen LogP contribution in [0.4, 0.5) is 11.5 Å². The minimum atomic E-state index is 0.780. The number of fused-ring (bicyclic) bond motifs is 1. The van der Waals surface area contributed by atoms with Gasteiger partial charge in [-0.1, -0.05) is 6.08 Å². The molecule has 1 aromatic heterocycles. The van der Waals surface area contributed by atoms with E-state index >= 15 is 0 Å². The molecule has 0 saturated carbocycles. The molecule has 0 amide bonds. The minimum absolute atomic E-state index is 0.780. The maximum atomic E-state index is 6.11. The van der Waals surface area contributed by atoms with Gasteiger partial charge >= 0.3 is 0 Å². The lowest BCUT2D eigenvalue weighted by Crippen LogP contribution is -2.35. The lowest BCUT2D eigenvalue weighted by Gasteiger charge is -2.23. The van der Waals surface area contributed by atoms with E-state index in [2.05, 4.69) is 43.7 Å². The summed E-state index contributed by atoms with van der Waals surface area (Å²) in [7, 11) is 6.67. The van der Waals surface area contributed by atoms with Crippen LogP contribution >= 0.6 is 0 Å². The lowest BCUT2D eigenvalue weighted by atomic mass is 10.2. The number of nitrogens with one attached hydrogen (secondary N) is 1. The Morgan fingerprint density at radius 1 is 1.37 bits per heavy atom. The lowest BCUT2D eigenvalue weighted by molar-refractivity contribution is -0.870. The zero-order valence-electron chi connectivity index (χ0n) is 12.3. The Hall–Kier alpha value is -1.49. The summed E-state index contributed by atoms with van der Waals surface area (Å²) in [6, 6.07) is 0. The van der Waals surface area contributed by atoms with Gasteiger partial charge in [-0.15, -0.1) is 0 Å².